The molecular weight excluding hydrogens is 299 g/mol. The fourth-order valence-corrected chi connectivity index (χ4v) is 3.37. The number of carbonyl (C=O) groups excluding carboxylic acids is 1. The van der Waals surface area contributed by atoms with Gasteiger partial charge in [0.25, 0.3) is 5.91 Å². The average molecular weight is 320 g/mol. The maximum atomic E-state index is 12.9. The summed E-state index contributed by atoms with van der Waals surface area (Å²) in [6.07, 6.45) is 5.95. The van der Waals surface area contributed by atoms with Gasteiger partial charge in [-0.2, -0.15) is 0 Å². The molecule has 1 unspecified atom stereocenters. The normalized spacial score (nSPS) is 16.9. The highest BCUT2D eigenvalue weighted by atomic mass is 32.2. The number of hydrogen-bond donors (Lipinski definition) is 1. The molecule has 2 rings (SSSR count). The molecule has 1 N–H and O–H groups in total. The van der Waals surface area contributed by atoms with Crippen LogP contribution in [-0.4, -0.2) is 35.0 Å². The van der Waals surface area contributed by atoms with Crippen LogP contribution in [0.1, 0.15) is 24.2 Å². The molecule has 1 amide bonds. The lowest BCUT2D eigenvalue weighted by molar-refractivity contribution is 0.0965. The van der Waals surface area contributed by atoms with Crippen molar-refractivity contribution in [3.63, 3.8) is 0 Å². The van der Waals surface area contributed by atoms with Gasteiger partial charge < -0.3 is 5.32 Å². The zero-order valence-electron chi connectivity index (χ0n) is 12.9. The van der Waals surface area contributed by atoms with E-state index in [1.807, 2.05) is 12.2 Å². The molecule has 3 nitrogen and oxygen atoms in total. The second-order valence-electron chi connectivity index (χ2n) is 4.99. The minimum absolute atomic E-state index is 0.157. The van der Waals surface area contributed by atoms with Gasteiger partial charge in [0.05, 0.1) is 5.25 Å². The largest absolute Gasteiger partial charge is 0.324 e. The van der Waals surface area contributed by atoms with Crippen LogP contribution in [0.4, 0.5) is 4.39 Å². The van der Waals surface area contributed by atoms with E-state index in [9.17, 15) is 9.18 Å². The van der Waals surface area contributed by atoms with Gasteiger partial charge in [-0.1, -0.05) is 26.0 Å². The Balaban J connectivity index is 1.91. The highest BCUT2D eigenvalue weighted by Gasteiger charge is 2.19. The van der Waals surface area contributed by atoms with Crippen molar-refractivity contribution < 1.29 is 9.18 Å². The standard InChI is InChI=1S/C17H21FN2OS/c1-3-20(4-2)12-22-16-7-5-6-15(16)19-17(21)13-8-10-14(18)11-9-13/h5-11,16H,3-4,12H2,1-2H3,(H,19,21). The van der Waals surface area contributed by atoms with Crippen molar-refractivity contribution in [1.82, 2.24) is 10.2 Å². The molecule has 1 aromatic carbocycles. The highest BCUT2D eigenvalue weighted by molar-refractivity contribution is 8.00. The number of halogens is 1. The number of amides is 1. The van der Waals surface area contributed by atoms with Gasteiger partial charge in [-0.15, -0.1) is 11.8 Å². The fraction of sp³-hybridized carbons (Fsp3) is 0.353. The summed E-state index contributed by atoms with van der Waals surface area (Å²) >= 11 is 1.79. The zero-order valence-corrected chi connectivity index (χ0v) is 13.7. The van der Waals surface area contributed by atoms with E-state index in [4.69, 9.17) is 0 Å². The number of nitrogens with zero attached hydrogens (tertiary/aromatic N) is 1. The number of allylic oxidation sites excluding steroid dienone is 2. The Morgan fingerprint density at radius 1 is 1.27 bits per heavy atom. The van der Waals surface area contributed by atoms with E-state index in [0.717, 1.165) is 24.7 Å². The minimum atomic E-state index is -0.342. The maximum Gasteiger partial charge on any atom is 0.255 e. The Morgan fingerprint density at radius 2 is 1.95 bits per heavy atom. The van der Waals surface area contributed by atoms with Crippen molar-refractivity contribution in [2.45, 2.75) is 19.1 Å². The average Bonchev–Trinajstić information content (AvgIpc) is 2.96. The monoisotopic (exact) mass is 320 g/mol. The van der Waals surface area contributed by atoms with Crippen molar-refractivity contribution in [3.8, 4) is 0 Å². The first-order valence-electron chi connectivity index (χ1n) is 7.43. The highest BCUT2D eigenvalue weighted by Crippen LogP contribution is 2.24. The van der Waals surface area contributed by atoms with E-state index >= 15 is 0 Å². The van der Waals surface area contributed by atoms with Crippen LogP contribution in [0.25, 0.3) is 0 Å². The van der Waals surface area contributed by atoms with Gasteiger partial charge in [0, 0.05) is 17.1 Å². The van der Waals surface area contributed by atoms with Crippen molar-refractivity contribution >= 4 is 17.7 Å². The molecular formula is C17H21FN2OS. The number of benzene rings is 1. The van der Waals surface area contributed by atoms with Gasteiger partial charge in [-0.05, 0) is 43.4 Å². The molecule has 0 saturated carbocycles. The molecule has 0 heterocycles. The summed E-state index contributed by atoms with van der Waals surface area (Å²) in [5, 5.41) is 3.08. The number of nitrogens with one attached hydrogen (secondary N) is 1. The molecule has 0 aliphatic heterocycles. The smallest absolute Gasteiger partial charge is 0.255 e. The Kier molecular flexibility index (Phi) is 6.21. The zero-order chi connectivity index (χ0) is 15.9. The second-order valence-corrected chi connectivity index (χ2v) is 6.09. The molecule has 0 bridgehead atoms. The summed E-state index contributed by atoms with van der Waals surface area (Å²) in [4.78, 5) is 14.5. The molecule has 0 radical (unpaired) electrons. The van der Waals surface area contributed by atoms with Gasteiger partial charge in [0.2, 0.25) is 0 Å². The Bertz CT molecular complexity index is 565. The van der Waals surface area contributed by atoms with Crippen LogP contribution in [0.3, 0.4) is 0 Å². The van der Waals surface area contributed by atoms with Gasteiger partial charge >= 0.3 is 0 Å². The lowest BCUT2D eigenvalue weighted by atomic mass is 10.2. The number of thioether (sulfide) groups is 1. The van der Waals surface area contributed by atoms with Crippen LogP contribution in [0.5, 0.6) is 0 Å². The van der Waals surface area contributed by atoms with E-state index in [1.165, 1.54) is 24.3 Å². The molecule has 1 aromatic rings. The lowest BCUT2D eigenvalue weighted by Crippen LogP contribution is -2.29. The maximum absolute atomic E-state index is 12.9. The first-order valence-corrected chi connectivity index (χ1v) is 8.48. The molecule has 5 heteroatoms. The third kappa shape index (κ3) is 4.45. The van der Waals surface area contributed by atoms with Crippen LogP contribution in [-0.2, 0) is 0 Å². The van der Waals surface area contributed by atoms with E-state index in [1.54, 1.807) is 11.8 Å². The lowest BCUT2D eigenvalue weighted by Gasteiger charge is -2.21. The van der Waals surface area contributed by atoms with E-state index in [-0.39, 0.29) is 17.0 Å². The van der Waals surface area contributed by atoms with E-state index in [2.05, 4.69) is 30.1 Å². The topological polar surface area (TPSA) is 32.3 Å². The van der Waals surface area contributed by atoms with Crippen molar-refractivity contribution in [3.05, 3.63) is 59.6 Å². The van der Waals surface area contributed by atoms with Crippen molar-refractivity contribution in [2.24, 2.45) is 0 Å². The molecule has 118 valence electrons. The summed E-state index contributed by atoms with van der Waals surface area (Å²) in [6, 6.07) is 5.57. The Hall–Kier alpha value is -1.59. The first kappa shape index (κ1) is 16.8. The molecule has 0 saturated heterocycles. The summed E-state index contributed by atoms with van der Waals surface area (Å²) in [5.74, 6) is 0.375. The van der Waals surface area contributed by atoms with Crippen LogP contribution < -0.4 is 5.32 Å². The minimum Gasteiger partial charge on any atom is -0.324 e. The number of carbonyl (C=O) groups is 1. The molecule has 1 atom stereocenters. The first-order chi connectivity index (χ1) is 10.6. The molecule has 0 spiro atoms. The molecule has 0 aromatic heterocycles. The van der Waals surface area contributed by atoms with Crippen LogP contribution in [0, 0.1) is 5.82 Å². The fourth-order valence-electron chi connectivity index (χ4n) is 2.11. The third-order valence-electron chi connectivity index (χ3n) is 3.56. The second kappa shape index (κ2) is 8.15. The Morgan fingerprint density at radius 3 is 2.59 bits per heavy atom. The van der Waals surface area contributed by atoms with Gasteiger partial charge in [-0.25, -0.2) is 4.39 Å². The van der Waals surface area contributed by atoms with Crippen molar-refractivity contribution in [2.75, 3.05) is 19.0 Å². The number of hydrogen-bond acceptors (Lipinski definition) is 3. The van der Waals surface area contributed by atoms with Crippen LogP contribution in [0.2, 0.25) is 0 Å². The van der Waals surface area contributed by atoms with Gasteiger partial charge in [0.15, 0.2) is 0 Å². The van der Waals surface area contributed by atoms with E-state index in [0.29, 0.717) is 5.56 Å². The predicted octanol–water partition coefficient (Wildman–Crippen LogP) is 3.41. The van der Waals surface area contributed by atoms with Gasteiger partial charge in [0.1, 0.15) is 5.82 Å². The molecule has 0 fully saturated rings. The molecule has 1 aliphatic rings. The molecule has 22 heavy (non-hydrogen) atoms. The summed E-state index contributed by atoms with van der Waals surface area (Å²) in [7, 11) is 0. The summed E-state index contributed by atoms with van der Waals surface area (Å²) in [5.41, 5.74) is 1.34. The van der Waals surface area contributed by atoms with Crippen LogP contribution in [0.15, 0.2) is 48.2 Å². The third-order valence-corrected chi connectivity index (χ3v) is 4.85. The summed E-state index contributed by atoms with van der Waals surface area (Å²) < 4.78 is 12.9. The van der Waals surface area contributed by atoms with Gasteiger partial charge in [-0.3, -0.25) is 9.69 Å². The predicted molar refractivity (Wildman–Crippen MR) is 90.3 cm³/mol. The van der Waals surface area contributed by atoms with Crippen molar-refractivity contribution in [1.29, 1.82) is 0 Å². The number of rotatable bonds is 7. The summed E-state index contributed by atoms with van der Waals surface area (Å²) in [6.45, 7) is 6.31. The quantitative estimate of drug-likeness (QED) is 0.782. The SMILES string of the molecule is CCN(CC)CSC1C=CC=C1NC(=O)c1ccc(F)cc1. The Labute approximate surface area is 135 Å². The molecule has 1 aliphatic carbocycles. The van der Waals surface area contributed by atoms with E-state index < -0.39 is 0 Å². The van der Waals surface area contributed by atoms with Crippen LogP contribution >= 0.6 is 11.8 Å².